The third kappa shape index (κ3) is 2.76. The minimum atomic E-state index is -3.04. The lowest BCUT2D eigenvalue weighted by Gasteiger charge is -2.11. The summed E-state index contributed by atoms with van der Waals surface area (Å²) in [6.45, 7) is 0. The molecule has 92 valence electrons. The zero-order chi connectivity index (χ0) is 12.5. The number of ether oxygens (including phenoxy) is 1. The molecule has 1 saturated heterocycles. The molecule has 1 atom stereocenters. The third-order valence-electron chi connectivity index (χ3n) is 2.65. The second-order valence-electron chi connectivity index (χ2n) is 4.02. The number of nitrogens with two attached hydrogens (primary N) is 1. The topological polar surface area (TPSA) is 86.5 Å². The average Bonchev–Trinajstić information content (AvgIpc) is 2.58. The van der Waals surface area contributed by atoms with Gasteiger partial charge in [0.15, 0.2) is 9.84 Å². The molecule has 17 heavy (non-hydrogen) atoms. The fraction of sp³-hybridized carbons (Fsp3) is 0.364. The number of para-hydroxylation sites is 1. The molecule has 6 heteroatoms. The molecule has 1 aromatic carbocycles. The highest BCUT2D eigenvalue weighted by molar-refractivity contribution is 7.91. The summed E-state index contributed by atoms with van der Waals surface area (Å²) in [7, 11) is -3.04. The van der Waals surface area contributed by atoms with Gasteiger partial charge in [0.1, 0.15) is 6.10 Å². The van der Waals surface area contributed by atoms with Gasteiger partial charge < -0.3 is 10.5 Å². The van der Waals surface area contributed by atoms with Crippen molar-refractivity contribution in [1.82, 2.24) is 0 Å². The highest BCUT2D eigenvalue weighted by Gasteiger charge is 2.31. The molecule has 0 aromatic heterocycles. The van der Waals surface area contributed by atoms with Gasteiger partial charge >= 0.3 is 5.97 Å². The molecule has 1 aliphatic heterocycles. The Morgan fingerprint density at radius 3 is 2.65 bits per heavy atom. The molecule has 1 aromatic rings. The van der Waals surface area contributed by atoms with E-state index in [2.05, 4.69) is 0 Å². The highest BCUT2D eigenvalue weighted by atomic mass is 32.2. The van der Waals surface area contributed by atoms with Crippen LogP contribution in [0.2, 0.25) is 0 Å². The molecule has 0 aliphatic carbocycles. The van der Waals surface area contributed by atoms with Crippen molar-refractivity contribution in [2.75, 3.05) is 17.2 Å². The van der Waals surface area contributed by atoms with E-state index >= 15 is 0 Å². The van der Waals surface area contributed by atoms with E-state index in [1.807, 2.05) is 0 Å². The van der Waals surface area contributed by atoms with Gasteiger partial charge in [-0.3, -0.25) is 0 Å². The number of esters is 1. The quantitative estimate of drug-likeness (QED) is 0.618. The first kappa shape index (κ1) is 11.9. The number of hydrogen-bond donors (Lipinski definition) is 1. The van der Waals surface area contributed by atoms with Gasteiger partial charge in [-0.2, -0.15) is 0 Å². The van der Waals surface area contributed by atoms with Crippen molar-refractivity contribution in [3.8, 4) is 0 Å². The summed E-state index contributed by atoms with van der Waals surface area (Å²) in [5.41, 5.74) is 6.24. The Morgan fingerprint density at radius 1 is 1.35 bits per heavy atom. The van der Waals surface area contributed by atoms with Crippen LogP contribution >= 0.6 is 0 Å². The van der Waals surface area contributed by atoms with Crippen molar-refractivity contribution in [2.45, 2.75) is 12.5 Å². The van der Waals surface area contributed by atoms with Gasteiger partial charge in [0, 0.05) is 5.69 Å². The van der Waals surface area contributed by atoms with Crippen molar-refractivity contribution in [2.24, 2.45) is 0 Å². The van der Waals surface area contributed by atoms with E-state index in [1.165, 1.54) is 0 Å². The normalized spacial score (nSPS) is 22.2. The first-order chi connectivity index (χ1) is 7.98. The summed E-state index contributed by atoms with van der Waals surface area (Å²) in [6.07, 6.45) is -0.187. The fourth-order valence-corrected chi connectivity index (χ4v) is 3.34. The number of hydrogen-bond acceptors (Lipinski definition) is 5. The Hall–Kier alpha value is -1.56. The van der Waals surface area contributed by atoms with Crippen LogP contribution in [0.5, 0.6) is 0 Å². The molecule has 2 rings (SSSR count). The van der Waals surface area contributed by atoms with Gasteiger partial charge in [-0.1, -0.05) is 12.1 Å². The van der Waals surface area contributed by atoms with Gasteiger partial charge in [0.25, 0.3) is 0 Å². The molecule has 5 nitrogen and oxygen atoms in total. The van der Waals surface area contributed by atoms with Crippen LogP contribution in [0.15, 0.2) is 24.3 Å². The Labute approximate surface area is 99.5 Å². The number of anilines is 1. The zero-order valence-electron chi connectivity index (χ0n) is 9.13. The summed E-state index contributed by atoms with van der Waals surface area (Å²) in [6, 6.07) is 6.55. The monoisotopic (exact) mass is 255 g/mol. The molecule has 1 heterocycles. The first-order valence-corrected chi connectivity index (χ1v) is 7.06. The molecule has 1 fully saturated rings. The van der Waals surface area contributed by atoms with Gasteiger partial charge in [-0.25, -0.2) is 13.2 Å². The molecular weight excluding hydrogens is 242 g/mol. The van der Waals surface area contributed by atoms with E-state index in [4.69, 9.17) is 10.5 Å². The van der Waals surface area contributed by atoms with Crippen LogP contribution in [-0.4, -0.2) is 32.0 Å². The largest absolute Gasteiger partial charge is 0.458 e. The molecule has 0 spiro atoms. The zero-order valence-corrected chi connectivity index (χ0v) is 9.94. The van der Waals surface area contributed by atoms with Crippen LogP contribution in [0, 0.1) is 0 Å². The Bertz CT molecular complexity index is 538. The summed E-state index contributed by atoms with van der Waals surface area (Å²) >= 11 is 0. The van der Waals surface area contributed by atoms with E-state index in [0.717, 1.165) is 0 Å². The summed E-state index contributed by atoms with van der Waals surface area (Å²) in [4.78, 5) is 11.7. The Balaban J connectivity index is 2.06. The minimum Gasteiger partial charge on any atom is -0.458 e. The second-order valence-corrected chi connectivity index (χ2v) is 6.25. The van der Waals surface area contributed by atoms with Gasteiger partial charge in [-0.05, 0) is 18.6 Å². The minimum absolute atomic E-state index is 0.0786. The number of rotatable bonds is 2. The molecule has 2 N–H and O–H groups in total. The lowest BCUT2D eigenvalue weighted by molar-refractivity contribution is 0.0357. The molecule has 0 radical (unpaired) electrons. The lowest BCUT2D eigenvalue weighted by atomic mass is 10.2. The van der Waals surface area contributed by atoms with Crippen LogP contribution in [0.4, 0.5) is 5.69 Å². The summed E-state index contributed by atoms with van der Waals surface area (Å²) in [5, 5.41) is 0. The highest BCUT2D eigenvalue weighted by Crippen LogP contribution is 2.18. The standard InChI is InChI=1S/C11H13NO4S/c12-10-4-2-1-3-9(10)11(13)16-8-5-6-17(14,15)7-8/h1-4,8H,5-7,12H2. The maximum atomic E-state index is 11.7. The molecule has 1 unspecified atom stereocenters. The Kier molecular flexibility index (Phi) is 3.06. The lowest BCUT2D eigenvalue weighted by Crippen LogP contribution is -2.20. The van der Waals surface area contributed by atoms with E-state index in [1.54, 1.807) is 24.3 Å². The molecule has 0 amide bonds. The Morgan fingerprint density at radius 2 is 2.06 bits per heavy atom. The second kappa shape index (κ2) is 4.37. The van der Waals surface area contributed by atoms with E-state index in [9.17, 15) is 13.2 Å². The van der Waals surface area contributed by atoms with Crippen LogP contribution in [0.25, 0.3) is 0 Å². The van der Waals surface area contributed by atoms with Crippen molar-refractivity contribution >= 4 is 21.5 Å². The first-order valence-electron chi connectivity index (χ1n) is 5.24. The van der Waals surface area contributed by atoms with Crippen molar-refractivity contribution in [3.05, 3.63) is 29.8 Å². The van der Waals surface area contributed by atoms with Crippen molar-refractivity contribution in [1.29, 1.82) is 0 Å². The molecule has 0 saturated carbocycles. The number of carbonyl (C=O) groups is 1. The SMILES string of the molecule is Nc1ccccc1C(=O)OC1CCS(=O)(=O)C1. The summed E-state index contributed by atoms with van der Waals surface area (Å²) < 4.78 is 27.5. The van der Waals surface area contributed by atoms with E-state index in [-0.39, 0.29) is 17.1 Å². The van der Waals surface area contributed by atoms with Crippen LogP contribution in [-0.2, 0) is 14.6 Å². The van der Waals surface area contributed by atoms with Gasteiger partial charge in [0.2, 0.25) is 0 Å². The van der Waals surface area contributed by atoms with E-state index in [0.29, 0.717) is 12.1 Å². The molecule has 0 bridgehead atoms. The predicted octanol–water partition coefficient (Wildman–Crippen LogP) is 0.613. The number of sulfone groups is 1. The van der Waals surface area contributed by atoms with Crippen LogP contribution in [0.1, 0.15) is 16.8 Å². The van der Waals surface area contributed by atoms with Crippen molar-refractivity contribution < 1.29 is 17.9 Å². The molecular formula is C11H13NO4S. The molecule has 1 aliphatic rings. The maximum Gasteiger partial charge on any atom is 0.340 e. The fourth-order valence-electron chi connectivity index (χ4n) is 1.75. The smallest absolute Gasteiger partial charge is 0.340 e. The van der Waals surface area contributed by atoms with Crippen LogP contribution in [0.3, 0.4) is 0 Å². The van der Waals surface area contributed by atoms with E-state index < -0.39 is 21.9 Å². The van der Waals surface area contributed by atoms with Crippen molar-refractivity contribution in [3.63, 3.8) is 0 Å². The van der Waals surface area contributed by atoms with Gasteiger partial charge in [0.05, 0.1) is 17.1 Å². The maximum absolute atomic E-state index is 11.7. The number of nitrogen functional groups attached to an aromatic ring is 1. The average molecular weight is 255 g/mol. The third-order valence-corrected chi connectivity index (χ3v) is 4.38. The van der Waals surface area contributed by atoms with Gasteiger partial charge in [-0.15, -0.1) is 0 Å². The van der Waals surface area contributed by atoms with Crippen LogP contribution < -0.4 is 5.73 Å². The number of benzene rings is 1. The summed E-state index contributed by atoms with van der Waals surface area (Å²) in [5.74, 6) is -0.578. The number of carbonyl (C=O) groups excluding carboxylic acids is 1. The predicted molar refractivity (Wildman–Crippen MR) is 63.3 cm³/mol.